The summed E-state index contributed by atoms with van der Waals surface area (Å²) in [6, 6.07) is 9.86. The van der Waals surface area contributed by atoms with Crippen LogP contribution in [-0.4, -0.2) is 37.2 Å². The fraction of sp³-hybridized carbons (Fsp3) is 0.333. The maximum absolute atomic E-state index is 12.6. The summed E-state index contributed by atoms with van der Waals surface area (Å²) in [5.41, 5.74) is 3.71. The van der Waals surface area contributed by atoms with Crippen LogP contribution in [0.15, 0.2) is 36.7 Å². The van der Waals surface area contributed by atoms with Crippen molar-refractivity contribution in [3.05, 3.63) is 53.6 Å². The average Bonchev–Trinajstić information content (AvgIpc) is 3.19. The van der Waals surface area contributed by atoms with Gasteiger partial charge in [0.15, 0.2) is 6.61 Å². The number of hydrogen-bond acceptors (Lipinski definition) is 5. The molecule has 0 spiro atoms. The van der Waals surface area contributed by atoms with Crippen molar-refractivity contribution in [2.24, 2.45) is 0 Å². The fourth-order valence-electron chi connectivity index (χ4n) is 3.18. The van der Waals surface area contributed by atoms with E-state index in [0.717, 1.165) is 22.6 Å². The van der Waals surface area contributed by atoms with E-state index in [0.29, 0.717) is 11.8 Å². The second kappa shape index (κ2) is 6.16. The van der Waals surface area contributed by atoms with Crippen LogP contribution < -0.4 is 4.74 Å². The number of nitrogens with zero attached hydrogens (tertiary/aromatic N) is 5. The van der Waals surface area contributed by atoms with E-state index in [1.54, 1.807) is 6.07 Å². The van der Waals surface area contributed by atoms with Crippen LogP contribution in [0.25, 0.3) is 5.69 Å². The summed E-state index contributed by atoms with van der Waals surface area (Å²) >= 11 is 0. The van der Waals surface area contributed by atoms with Gasteiger partial charge in [0.1, 0.15) is 12.1 Å². The van der Waals surface area contributed by atoms with Gasteiger partial charge < -0.3 is 9.30 Å². The number of ketones is 1. The van der Waals surface area contributed by atoms with Gasteiger partial charge in [-0.25, -0.2) is 4.68 Å². The molecule has 7 nitrogen and oxygen atoms in total. The van der Waals surface area contributed by atoms with Crippen LogP contribution in [0.2, 0.25) is 0 Å². The standard InChI is InChI=1S/C18H19N5O2/c1-12-8-17(13(2)23(12)14-6-7-14)18(24)10-25-16-5-3-4-15(9-16)22-11-19-20-21-22/h3-5,8-9,11,14H,6-7,10H2,1-2H3. The molecule has 128 valence electrons. The number of aromatic nitrogens is 5. The van der Waals surface area contributed by atoms with Crippen molar-refractivity contribution in [1.82, 2.24) is 24.8 Å². The average molecular weight is 337 g/mol. The second-order valence-electron chi connectivity index (χ2n) is 6.35. The van der Waals surface area contributed by atoms with Gasteiger partial charge in [-0.1, -0.05) is 6.07 Å². The van der Waals surface area contributed by atoms with Gasteiger partial charge in [-0.2, -0.15) is 0 Å². The molecule has 1 saturated carbocycles. The minimum Gasteiger partial charge on any atom is -0.485 e. The van der Waals surface area contributed by atoms with Gasteiger partial charge in [0.05, 0.1) is 5.69 Å². The first-order valence-electron chi connectivity index (χ1n) is 8.31. The fourth-order valence-corrected chi connectivity index (χ4v) is 3.18. The highest BCUT2D eigenvalue weighted by molar-refractivity contribution is 5.98. The number of tetrazole rings is 1. The molecule has 0 aliphatic heterocycles. The third-order valence-corrected chi connectivity index (χ3v) is 4.50. The van der Waals surface area contributed by atoms with Crippen LogP contribution in [0, 0.1) is 13.8 Å². The maximum Gasteiger partial charge on any atom is 0.202 e. The van der Waals surface area contributed by atoms with E-state index in [1.807, 2.05) is 31.2 Å². The molecule has 25 heavy (non-hydrogen) atoms. The molecular formula is C18H19N5O2. The molecule has 0 amide bonds. The minimum absolute atomic E-state index is 0.00664. The molecule has 2 aromatic heterocycles. The lowest BCUT2D eigenvalue weighted by Crippen LogP contribution is -2.13. The number of ether oxygens (including phenoxy) is 1. The van der Waals surface area contributed by atoms with E-state index < -0.39 is 0 Å². The first kappa shape index (κ1) is 15.6. The topological polar surface area (TPSA) is 74.8 Å². The van der Waals surface area contributed by atoms with E-state index in [9.17, 15) is 4.79 Å². The van der Waals surface area contributed by atoms with Crippen LogP contribution in [0.1, 0.15) is 40.6 Å². The third kappa shape index (κ3) is 3.05. The molecule has 0 radical (unpaired) electrons. The van der Waals surface area contributed by atoms with Crippen LogP contribution in [0.4, 0.5) is 0 Å². The van der Waals surface area contributed by atoms with Crippen molar-refractivity contribution in [2.45, 2.75) is 32.7 Å². The normalized spacial score (nSPS) is 13.8. The molecule has 1 fully saturated rings. The van der Waals surface area contributed by atoms with Crippen molar-refractivity contribution in [3.63, 3.8) is 0 Å². The SMILES string of the molecule is Cc1cc(C(=O)COc2cccc(-n3cnnn3)c2)c(C)n1C1CC1. The van der Waals surface area contributed by atoms with Gasteiger partial charge in [0.25, 0.3) is 0 Å². The van der Waals surface area contributed by atoms with Gasteiger partial charge in [0, 0.05) is 29.1 Å². The van der Waals surface area contributed by atoms with Gasteiger partial charge in [-0.05, 0) is 55.3 Å². The second-order valence-corrected chi connectivity index (χ2v) is 6.35. The summed E-state index contributed by atoms with van der Waals surface area (Å²) in [6.07, 6.45) is 3.91. The van der Waals surface area contributed by atoms with Crippen molar-refractivity contribution in [3.8, 4) is 11.4 Å². The Hall–Kier alpha value is -2.96. The van der Waals surface area contributed by atoms with Crippen molar-refractivity contribution in [1.29, 1.82) is 0 Å². The monoisotopic (exact) mass is 337 g/mol. The lowest BCUT2D eigenvalue weighted by Gasteiger charge is -2.09. The Bertz CT molecular complexity index is 910. The molecule has 1 aromatic carbocycles. The van der Waals surface area contributed by atoms with Gasteiger partial charge in [0.2, 0.25) is 5.78 Å². The molecule has 0 N–H and O–H groups in total. The summed E-state index contributed by atoms with van der Waals surface area (Å²) in [4.78, 5) is 12.6. The highest BCUT2D eigenvalue weighted by Crippen LogP contribution is 2.38. The summed E-state index contributed by atoms with van der Waals surface area (Å²) in [6.45, 7) is 4.07. The van der Waals surface area contributed by atoms with Gasteiger partial charge in [-0.15, -0.1) is 5.10 Å². The van der Waals surface area contributed by atoms with E-state index in [1.165, 1.54) is 23.9 Å². The molecule has 0 atom stereocenters. The number of carbonyl (C=O) groups is 1. The quantitative estimate of drug-likeness (QED) is 0.647. The Morgan fingerprint density at radius 1 is 1.28 bits per heavy atom. The molecule has 7 heteroatoms. The van der Waals surface area contributed by atoms with Gasteiger partial charge >= 0.3 is 0 Å². The molecule has 4 rings (SSSR count). The summed E-state index contributed by atoms with van der Waals surface area (Å²) in [7, 11) is 0. The zero-order valence-electron chi connectivity index (χ0n) is 14.2. The lowest BCUT2D eigenvalue weighted by molar-refractivity contribution is 0.0920. The van der Waals surface area contributed by atoms with Crippen LogP contribution in [0.3, 0.4) is 0 Å². The van der Waals surface area contributed by atoms with E-state index in [4.69, 9.17) is 4.74 Å². The Morgan fingerprint density at radius 2 is 2.12 bits per heavy atom. The number of benzene rings is 1. The number of Topliss-reactive ketones (excluding diaryl/α,β-unsaturated/α-hetero) is 1. The Kier molecular flexibility index (Phi) is 3.83. The molecule has 2 heterocycles. The summed E-state index contributed by atoms with van der Waals surface area (Å²) < 4.78 is 9.51. The molecular weight excluding hydrogens is 318 g/mol. The van der Waals surface area contributed by atoms with E-state index in [2.05, 4.69) is 27.0 Å². The Labute approximate surface area is 145 Å². The summed E-state index contributed by atoms with van der Waals surface area (Å²) in [5, 5.41) is 11.1. The zero-order valence-corrected chi connectivity index (χ0v) is 14.2. The molecule has 3 aromatic rings. The van der Waals surface area contributed by atoms with E-state index in [-0.39, 0.29) is 12.4 Å². The maximum atomic E-state index is 12.6. The largest absolute Gasteiger partial charge is 0.485 e. The zero-order chi connectivity index (χ0) is 17.4. The van der Waals surface area contributed by atoms with Crippen LogP contribution in [0.5, 0.6) is 5.75 Å². The third-order valence-electron chi connectivity index (χ3n) is 4.50. The van der Waals surface area contributed by atoms with Gasteiger partial charge in [-0.3, -0.25) is 4.79 Å². The van der Waals surface area contributed by atoms with Crippen molar-refractivity contribution >= 4 is 5.78 Å². The molecule has 0 saturated heterocycles. The predicted molar refractivity (Wildman–Crippen MR) is 91.2 cm³/mol. The Morgan fingerprint density at radius 3 is 2.84 bits per heavy atom. The van der Waals surface area contributed by atoms with Crippen molar-refractivity contribution < 1.29 is 9.53 Å². The minimum atomic E-state index is -0.00664. The molecule has 0 unspecified atom stereocenters. The van der Waals surface area contributed by atoms with E-state index >= 15 is 0 Å². The molecule has 0 bridgehead atoms. The number of carbonyl (C=O) groups excluding carboxylic acids is 1. The molecule has 1 aliphatic carbocycles. The predicted octanol–water partition coefficient (Wildman–Crippen LogP) is 2.68. The Balaban J connectivity index is 1.47. The number of aryl methyl sites for hydroxylation is 1. The number of hydrogen-bond donors (Lipinski definition) is 0. The summed E-state index contributed by atoms with van der Waals surface area (Å²) in [5.74, 6) is 0.602. The highest BCUT2D eigenvalue weighted by Gasteiger charge is 2.28. The highest BCUT2D eigenvalue weighted by atomic mass is 16.5. The van der Waals surface area contributed by atoms with Crippen LogP contribution in [-0.2, 0) is 0 Å². The first-order chi connectivity index (χ1) is 12.1. The lowest BCUT2D eigenvalue weighted by atomic mass is 10.1. The smallest absolute Gasteiger partial charge is 0.202 e. The number of rotatable bonds is 6. The molecule has 1 aliphatic rings. The first-order valence-corrected chi connectivity index (χ1v) is 8.31. The van der Waals surface area contributed by atoms with Crippen LogP contribution >= 0.6 is 0 Å². The van der Waals surface area contributed by atoms with Crippen molar-refractivity contribution in [2.75, 3.05) is 6.61 Å².